The second-order valence-corrected chi connectivity index (χ2v) is 9.89. The van der Waals surface area contributed by atoms with Crippen molar-refractivity contribution in [3.05, 3.63) is 93.7 Å². The average molecular weight is 540 g/mol. The smallest absolute Gasteiger partial charge is 0.271 e. The third kappa shape index (κ3) is 3.27. The zero-order valence-corrected chi connectivity index (χ0v) is 21.1. The quantitative estimate of drug-likeness (QED) is 0.206. The lowest BCUT2D eigenvalue weighted by molar-refractivity contribution is -0.384. The van der Waals surface area contributed by atoms with E-state index in [0.717, 1.165) is 22.1 Å². The minimum atomic E-state index is -1.05. The van der Waals surface area contributed by atoms with E-state index >= 15 is 0 Å². The molecule has 11 nitrogen and oxygen atoms in total. The van der Waals surface area contributed by atoms with E-state index in [0.29, 0.717) is 17.1 Å². The van der Waals surface area contributed by atoms with Crippen LogP contribution in [0.1, 0.15) is 27.5 Å². The summed E-state index contributed by atoms with van der Waals surface area (Å²) in [5.41, 5.74) is 1.68. The normalized spacial score (nSPS) is 23.6. The van der Waals surface area contributed by atoms with Gasteiger partial charge in [-0.05, 0) is 41.5 Å². The predicted molar refractivity (Wildman–Crippen MR) is 140 cm³/mol. The molecule has 0 radical (unpaired) electrons. The first-order valence-corrected chi connectivity index (χ1v) is 12.6. The maximum absolute atomic E-state index is 14.2. The second-order valence-electron chi connectivity index (χ2n) is 9.89. The molecule has 0 aliphatic carbocycles. The van der Waals surface area contributed by atoms with Crippen LogP contribution in [0.4, 0.5) is 11.4 Å². The summed E-state index contributed by atoms with van der Waals surface area (Å²) in [6, 6.07) is 14.5. The lowest BCUT2D eigenvalue weighted by atomic mass is 9.83. The van der Waals surface area contributed by atoms with Crippen LogP contribution in [-0.4, -0.2) is 47.4 Å². The molecule has 2 saturated heterocycles. The monoisotopic (exact) mass is 539 g/mol. The van der Waals surface area contributed by atoms with Crippen LogP contribution in [0, 0.1) is 22.0 Å². The van der Waals surface area contributed by atoms with Gasteiger partial charge in [0.1, 0.15) is 17.5 Å². The van der Waals surface area contributed by atoms with Crippen molar-refractivity contribution in [2.24, 2.45) is 11.8 Å². The molecule has 40 heavy (non-hydrogen) atoms. The van der Waals surface area contributed by atoms with E-state index in [2.05, 4.69) is 0 Å². The van der Waals surface area contributed by atoms with Gasteiger partial charge in [0.15, 0.2) is 17.3 Å². The molecular formula is C29H21N3O8. The Hall–Kier alpha value is -5.19. The lowest BCUT2D eigenvalue weighted by Gasteiger charge is -2.35. The van der Waals surface area contributed by atoms with E-state index in [9.17, 15) is 24.5 Å². The number of carbonyl (C=O) groups is 3. The van der Waals surface area contributed by atoms with Crippen LogP contribution >= 0.6 is 0 Å². The molecular weight excluding hydrogens is 518 g/mol. The standard InChI is InChI=1S/C29H21N3O8/c1-38-20-9-7-17(32(36)37)13-19(20)31-28(34)23-24(29(31)35)26(27(33)16-6-8-21-22(12-16)40-14-39-21)30-11-10-15-4-2-3-5-18(15)25(23)30/h2-13,23-26H,14H2,1H3/t23-,24+,25?,26-/m0/s1. The van der Waals surface area contributed by atoms with Crippen molar-refractivity contribution in [2.75, 3.05) is 18.8 Å². The number of amides is 2. The predicted octanol–water partition coefficient (Wildman–Crippen LogP) is 3.73. The van der Waals surface area contributed by atoms with Crippen LogP contribution in [-0.2, 0) is 9.59 Å². The first-order chi connectivity index (χ1) is 19.4. The number of hydrogen-bond acceptors (Lipinski definition) is 9. The number of nitrogens with zero attached hydrogens (tertiary/aromatic N) is 3. The molecule has 2 amide bonds. The average Bonchev–Trinajstić information content (AvgIpc) is 3.65. The number of fused-ring (bicyclic) bond motifs is 6. The number of nitro benzene ring substituents is 1. The first-order valence-electron chi connectivity index (χ1n) is 12.6. The maximum atomic E-state index is 14.2. The SMILES string of the molecule is COc1ccc([N+](=O)[O-])cc1N1C(=O)[C@@H]2[C@H](C1=O)C1c3ccccc3C=CN1[C@@H]2C(=O)c1ccc2c(c1)OCO2. The number of ether oxygens (including phenoxy) is 3. The minimum absolute atomic E-state index is 0.0263. The van der Waals surface area contributed by atoms with Crippen molar-refractivity contribution >= 4 is 35.0 Å². The van der Waals surface area contributed by atoms with Gasteiger partial charge in [-0.25, -0.2) is 4.90 Å². The van der Waals surface area contributed by atoms with Crippen LogP contribution in [0.15, 0.2) is 66.9 Å². The third-order valence-electron chi connectivity index (χ3n) is 8.00. The molecule has 4 aliphatic heterocycles. The number of ketones is 1. The van der Waals surface area contributed by atoms with Crippen molar-refractivity contribution < 1.29 is 33.5 Å². The molecule has 3 aromatic carbocycles. The molecule has 2 fully saturated rings. The number of rotatable bonds is 5. The summed E-state index contributed by atoms with van der Waals surface area (Å²) < 4.78 is 16.2. The number of nitro groups is 1. The Labute approximate surface area is 227 Å². The Bertz CT molecular complexity index is 1670. The number of hydrogen-bond donors (Lipinski definition) is 0. The van der Waals surface area contributed by atoms with E-state index in [1.807, 2.05) is 30.3 Å². The summed E-state index contributed by atoms with van der Waals surface area (Å²) in [5, 5.41) is 11.5. The first kappa shape index (κ1) is 23.9. The number of carbonyl (C=O) groups excluding carboxylic acids is 3. The largest absolute Gasteiger partial charge is 0.495 e. The summed E-state index contributed by atoms with van der Waals surface area (Å²) in [7, 11) is 1.35. The molecule has 7 rings (SSSR count). The highest BCUT2D eigenvalue weighted by atomic mass is 16.7. The van der Waals surface area contributed by atoms with Crippen molar-refractivity contribution in [2.45, 2.75) is 12.1 Å². The number of non-ortho nitro benzene ring substituents is 1. The van der Waals surface area contributed by atoms with Crippen molar-refractivity contribution in [3.8, 4) is 17.2 Å². The fourth-order valence-electron chi connectivity index (χ4n) is 6.28. The highest BCUT2D eigenvalue weighted by Gasteiger charge is 2.65. The van der Waals surface area contributed by atoms with Gasteiger partial charge >= 0.3 is 0 Å². The van der Waals surface area contributed by atoms with Gasteiger partial charge in [-0.1, -0.05) is 24.3 Å². The van der Waals surface area contributed by atoms with Crippen molar-refractivity contribution in [3.63, 3.8) is 0 Å². The topological polar surface area (TPSA) is 129 Å². The maximum Gasteiger partial charge on any atom is 0.271 e. The van der Waals surface area contributed by atoms with Crippen LogP contribution in [0.2, 0.25) is 0 Å². The van der Waals surface area contributed by atoms with E-state index in [1.165, 1.54) is 19.2 Å². The van der Waals surface area contributed by atoms with Gasteiger partial charge in [0.05, 0.1) is 29.9 Å². The molecule has 0 saturated carbocycles. The zero-order chi connectivity index (χ0) is 27.7. The van der Waals surface area contributed by atoms with Gasteiger partial charge in [0, 0.05) is 23.9 Å². The molecule has 0 bridgehead atoms. The zero-order valence-electron chi connectivity index (χ0n) is 21.1. The molecule has 4 heterocycles. The van der Waals surface area contributed by atoms with Gasteiger partial charge in [-0.3, -0.25) is 24.5 Å². The summed E-state index contributed by atoms with van der Waals surface area (Å²) >= 11 is 0. The molecule has 11 heteroatoms. The molecule has 0 aromatic heterocycles. The minimum Gasteiger partial charge on any atom is -0.495 e. The van der Waals surface area contributed by atoms with E-state index in [4.69, 9.17) is 14.2 Å². The lowest BCUT2D eigenvalue weighted by Crippen LogP contribution is -2.44. The Morgan fingerprint density at radius 2 is 1.77 bits per heavy atom. The number of anilines is 1. The molecule has 4 aliphatic rings. The molecule has 0 spiro atoms. The van der Waals surface area contributed by atoms with Gasteiger partial charge < -0.3 is 19.1 Å². The van der Waals surface area contributed by atoms with Gasteiger partial charge in [-0.2, -0.15) is 0 Å². The Kier molecular flexibility index (Phi) is 5.18. The van der Waals surface area contributed by atoms with E-state index < -0.39 is 40.7 Å². The van der Waals surface area contributed by atoms with Crippen molar-refractivity contribution in [1.82, 2.24) is 4.90 Å². The number of methoxy groups -OCH3 is 1. The molecule has 4 atom stereocenters. The fraction of sp³-hybridized carbons (Fsp3) is 0.207. The van der Waals surface area contributed by atoms with Crippen LogP contribution in [0.5, 0.6) is 17.2 Å². The number of benzene rings is 3. The van der Waals surface area contributed by atoms with Crippen molar-refractivity contribution in [1.29, 1.82) is 0 Å². The van der Waals surface area contributed by atoms with Crippen LogP contribution in [0.3, 0.4) is 0 Å². The molecule has 200 valence electrons. The highest BCUT2D eigenvalue weighted by molar-refractivity contribution is 6.25. The summed E-state index contributed by atoms with van der Waals surface area (Å²) in [5.74, 6) is -2.40. The van der Waals surface area contributed by atoms with Gasteiger partial charge in [0.25, 0.3) is 5.69 Å². The van der Waals surface area contributed by atoms with E-state index in [1.54, 1.807) is 29.3 Å². The number of imide groups is 1. The summed E-state index contributed by atoms with van der Waals surface area (Å²) in [6.45, 7) is 0.0435. The van der Waals surface area contributed by atoms with E-state index in [-0.39, 0.29) is 29.7 Å². The Morgan fingerprint density at radius 1 is 1.00 bits per heavy atom. The molecule has 3 aromatic rings. The Balaban J connectivity index is 1.37. The van der Waals surface area contributed by atoms with Crippen LogP contribution in [0.25, 0.3) is 6.08 Å². The van der Waals surface area contributed by atoms with Gasteiger partial charge in [0.2, 0.25) is 18.6 Å². The highest BCUT2D eigenvalue weighted by Crippen LogP contribution is 2.54. The van der Waals surface area contributed by atoms with Crippen LogP contribution < -0.4 is 19.1 Å². The fourth-order valence-corrected chi connectivity index (χ4v) is 6.28. The summed E-state index contributed by atoms with van der Waals surface area (Å²) in [4.78, 5) is 56.1. The van der Waals surface area contributed by atoms with Gasteiger partial charge in [-0.15, -0.1) is 0 Å². The summed E-state index contributed by atoms with van der Waals surface area (Å²) in [6.07, 6.45) is 3.63. The molecule has 1 unspecified atom stereocenters. The second kappa shape index (κ2) is 8.67. The Morgan fingerprint density at radius 3 is 2.58 bits per heavy atom. The third-order valence-corrected chi connectivity index (χ3v) is 8.00. The number of Topliss-reactive ketones (excluding diaryl/α,β-unsaturated/α-hetero) is 1. The molecule has 0 N–H and O–H groups in total.